The number of nitrogens with zero attached hydrogens (tertiary/aromatic N) is 2. The summed E-state index contributed by atoms with van der Waals surface area (Å²) in [6, 6.07) is 7.22. The first-order valence-corrected chi connectivity index (χ1v) is 8.94. The fourth-order valence-electron chi connectivity index (χ4n) is 3.19. The minimum absolute atomic E-state index is 0.0876. The molecule has 1 aliphatic carbocycles. The molecule has 138 valence electrons. The number of hydrogen-bond acceptors (Lipinski definition) is 3. The van der Waals surface area contributed by atoms with Crippen molar-refractivity contribution in [1.82, 2.24) is 20.2 Å². The molecule has 2 N–H and O–H groups in total. The van der Waals surface area contributed by atoms with E-state index >= 15 is 0 Å². The number of nitrogens with one attached hydrogen (secondary N) is 2. The Hall–Kier alpha value is -2.70. The monoisotopic (exact) mass is 358 g/mol. The van der Waals surface area contributed by atoms with Gasteiger partial charge in [-0.15, -0.1) is 0 Å². The van der Waals surface area contributed by atoms with Gasteiger partial charge in [-0.25, -0.2) is 14.2 Å². The number of aromatic nitrogens is 2. The molecule has 0 atom stereocenters. The van der Waals surface area contributed by atoms with Gasteiger partial charge in [0.15, 0.2) is 0 Å². The normalized spacial score (nSPS) is 14.3. The van der Waals surface area contributed by atoms with Crippen LogP contribution < -0.4 is 16.2 Å². The third-order valence-electron chi connectivity index (χ3n) is 4.68. The van der Waals surface area contributed by atoms with Gasteiger partial charge in [0.05, 0.1) is 12.0 Å². The van der Waals surface area contributed by atoms with Crippen molar-refractivity contribution in [2.75, 3.05) is 6.54 Å². The van der Waals surface area contributed by atoms with E-state index in [4.69, 9.17) is 0 Å². The molecule has 1 saturated carbocycles. The SMILES string of the molecule is O=C(NCCn1cnc(C2CCCC2)cc1=O)NCc1ccc(F)cc1. The summed E-state index contributed by atoms with van der Waals surface area (Å²) in [5.41, 5.74) is 1.61. The van der Waals surface area contributed by atoms with Crippen LogP contribution in [0.25, 0.3) is 0 Å². The summed E-state index contributed by atoms with van der Waals surface area (Å²) >= 11 is 0. The van der Waals surface area contributed by atoms with Crippen LogP contribution in [0.5, 0.6) is 0 Å². The van der Waals surface area contributed by atoms with Crippen molar-refractivity contribution in [1.29, 1.82) is 0 Å². The van der Waals surface area contributed by atoms with Gasteiger partial charge in [0, 0.05) is 31.6 Å². The van der Waals surface area contributed by atoms with Crippen LogP contribution in [0, 0.1) is 5.82 Å². The first kappa shape index (κ1) is 18.1. The smallest absolute Gasteiger partial charge is 0.315 e. The molecule has 3 rings (SSSR count). The van der Waals surface area contributed by atoms with E-state index in [2.05, 4.69) is 15.6 Å². The highest BCUT2D eigenvalue weighted by Gasteiger charge is 2.18. The molecule has 26 heavy (non-hydrogen) atoms. The number of urea groups is 1. The number of carbonyl (C=O) groups is 1. The molecular formula is C19H23FN4O2. The molecule has 0 aliphatic heterocycles. The van der Waals surface area contributed by atoms with Gasteiger partial charge in [0.2, 0.25) is 0 Å². The second-order valence-electron chi connectivity index (χ2n) is 6.56. The maximum atomic E-state index is 12.8. The van der Waals surface area contributed by atoms with E-state index in [1.165, 1.54) is 29.5 Å². The quantitative estimate of drug-likeness (QED) is 0.833. The average molecular weight is 358 g/mol. The van der Waals surface area contributed by atoms with E-state index in [-0.39, 0.29) is 17.4 Å². The Morgan fingerprint density at radius 3 is 2.62 bits per heavy atom. The maximum absolute atomic E-state index is 12.8. The second kappa shape index (κ2) is 8.60. The van der Waals surface area contributed by atoms with Gasteiger partial charge in [-0.05, 0) is 30.5 Å². The molecule has 2 amide bonds. The molecule has 0 saturated heterocycles. The van der Waals surface area contributed by atoms with Crippen LogP contribution in [-0.4, -0.2) is 22.1 Å². The van der Waals surface area contributed by atoms with Crippen LogP contribution in [0.4, 0.5) is 9.18 Å². The highest BCUT2D eigenvalue weighted by atomic mass is 19.1. The third kappa shape index (κ3) is 4.91. The Labute approximate surface area is 151 Å². The molecule has 0 unspecified atom stereocenters. The fraction of sp³-hybridized carbons (Fsp3) is 0.421. The van der Waals surface area contributed by atoms with Gasteiger partial charge in [-0.1, -0.05) is 25.0 Å². The first-order chi connectivity index (χ1) is 12.6. The van der Waals surface area contributed by atoms with Crippen LogP contribution in [0.3, 0.4) is 0 Å². The minimum atomic E-state index is -0.335. The molecule has 1 aromatic heterocycles. The molecule has 0 radical (unpaired) electrons. The largest absolute Gasteiger partial charge is 0.336 e. The van der Waals surface area contributed by atoms with Gasteiger partial charge in [0.25, 0.3) is 5.56 Å². The predicted molar refractivity (Wildman–Crippen MR) is 96.3 cm³/mol. The van der Waals surface area contributed by atoms with Gasteiger partial charge in [-0.3, -0.25) is 9.36 Å². The summed E-state index contributed by atoms with van der Waals surface area (Å²) in [7, 11) is 0. The Kier molecular flexibility index (Phi) is 5.99. The van der Waals surface area contributed by atoms with Gasteiger partial charge >= 0.3 is 6.03 Å². The zero-order valence-electron chi connectivity index (χ0n) is 14.6. The van der Waals surface area contributed by atoms with Crippen LogP contribution in [0.2, 0.25) is 0 Å². The summed E-state index contributed by atoms with van der Waals surface area (Å²) in [4.78, 5) is 28.4. The van der Waals surface area contributed by atoms with Crippen molar-refractivity contribution in [2.24, 2.45) is 0 Å². The van der Waals surface area contributed by atoms with Crippen molar-refractivity contribution in [3.05, 3.63) is 64.1 Å². The van der Waals surface area contributed by atoms with E-state index in [1.54, 1.807) is 24.5 Å². The molecule has 2 aromatic rings. The highest BCUT2D eigenvalue weighted by Crippen LogP contribution is 2.32. The summed E-state index contributed by atoms with van der Waals surface area (Å²) in [5, 5.41) is 5.39. The lowest BCUT2D eigenvalue weighted by Crippen LogP contribution is -2.38. The van der Waals surface area contributed by atoms with Crippen molar-refractivity contribution in [2.45, 2.75) is 44.7 Å². The first-order valence-electron chi connectivity index (χ1n) is 8.94. The number of halogens is 1. The molecule has 1 aromatic carbocycles. The van der Waals surface area contributed by atoms with E-state index < -0.39 is 0 Å². The molecule has 7 heteroatoms. The summed E-state index contributed by atoms with van der Waals surface area (Å²) in [6.45, 7) is 0.990. The van der Waals surface area contributed by atoms with E-state index in [1.807, 2.05) is 0 Å². The standard InChI is InChI=1S/C19H23FN4O2/c20-16-7-5-14(6-8-16)12-22-19(26)21-9-10-24-13-23-17(11-18(24)25)15-3-1-2-4-15/h5-8,11,13,15H,1-4,9-10,12H2,(H2,21,22,26). The van der Waals surface area contributed by atoms with E-state index in [9.17, 15) is 14.0 Å². The summed E-state index contributed by atoms with van der Waals surface area (Å²) < 4.78 is 14.3. The minimum Gasteiger partial charge on any atom is -0.336 e. The summed E-state index contributed by atoms with van der Waals surface area (Å²) in [6.07, 6.45) is 6.17. The molecule has 1 aliphatic rings. The molecule has 6 nitrogen and oxygen atoms in total. The van der Waals surface area contributed by atoms with E-state index in [0.29, 0.717) is 25.6 Å². The number of amides is 2. The number of benzene rings is 1. The van der Waals surface area contributed by atoms with Crippen LogP contribution >= 0.6 is 0 Å². The lowest BCUT2D eigenvalue weighted by atomic mass is 10.0. The molecule has 1 heterocycles. The molecular weight excluding hydrogens is 335 g/mol. The molecule has 1 fully saturated rings. The second-order valence-corrected chi connectivity index (χ2v) is 6.56. The van der Waals surface area contributed by atoms with Crippen molar-refractivity contribution >= 4 is 6.03 Å². The topological polar surface area (TPSA) is 76.0 Å². The number of hydrogen-bond donors (Lipinski definition) is 2. The third-order valence-corrected chi connectivity index (χ3v) is 4.68. The Bertz CT molecular complexity index is 798. The van der Waals surface area contributed by atoms with E-state index in [0.717, 1.165) is 24.1 Å². The fourth-order valence-corrected chi connectivity index (χ4v) is 3.19. The highest BCUT2D eigenvalue weighted by molar-refractivity contribution is 5.73. The number of carbonyl (C=O) groups excluding carboxylic acids is 1. The Balaban J connectivity index is 1.43. The summed E-state index contributed by atoms with van der Waals surface area (Å²) in [5.74, 6) is 0.101. The lowest BCUT2D eigenvalue weighted by Gasteiger charge is -2.11. The van der Waals surface area contributed by atoms with Gasteiger partial charge < -0.3 is 10.6 Å². The van der Waals surface area contributed by atoms with Crippen molar-refractivity contribution in [3.8, 4) is 0 Å². The van der Waals surface area contributed by atoms with Crippen molar-refractivity contribution < 1.29 is 9.18 Å². The average Bonchev–Trinajstić information content (AvgIpc) is 3.17. The van der Waals surface area contributed by atoms with Crippen LogP contribution in [-0.2, 0) is 13.1 Å². The van der Waals surface area contributed by atoms with Crippen LogP contribution in [0.1, 0.15) is 42.9 Å². The molecule has 0 bridgehead atoms. The van der Waals surface area contributed by atoms with Gasteiger partial charge in [-0.2, -0.15) is 0 Å². The van der Waals surface area contributed by atoms with Crippen molar-refractivity contribution in [3.63, 3.8) is 0 Å². The van der Waals surface area contributed by atoms with Gasteiger partial charge in [0.1, 0.15) is 5.82 Å². The van der Waals surface area contributed by atoms with Crippen LogP contribution in [0.15, 0.2) is 41.5 Å². The predicted octanol–water partition coefficient (Wildman–Crippen LogP) is 2.54. The number of rotatable bonds is 6. The zero-order valence-corrected chi connectivity index (χ0v) is 14.6. The molecule has 0 spiro atoms. The zero-order chi connectivity index (χ0) is 18.4. The Morgan fingerprint density at radius 2 is 1.92 bits per heavy atom. The maximum Gasteiger partial charge on any atom is 0.315 e. The lowest BCUT2D eigenvalue weighted by molar-refractivity contribution is 0.240. The Morgan fingerprint density at radius 1 is 1.19 bits per heavy atom.